The van der Waals surface area contributed by atoms with Gasteiger partial charge in [-0.1, -0.05) is 18.6 Å². The topological polar surface area (TPSA) is 49.8 Å². The number of aliphatic carboxylic acids is 1. The molecule has 0 spiro atoms. The predicted molar refractivity (Wildman–Crippen MR) is 85.5 cm³/mol. The summed E-state index contributed by atoms with van der Waals surface area (Å²) < 4.78 is 5.81. The van der Waals surface area contributed by atoms with Crippen LogP contribution in [0.2, 0.25) is 0 Å². The molecule has 21 heavy (non-hydrogen) atoms. The highest BCUT2D eigenvalue weighted by Gasteiger charge is 2.27. The lowest BCUT2D eigenvalue weighted by Crippen LogP contribution is -2.46. The number of ether oxygens (including phenoxy) is 1. The number of carboxylic acids is 1. The van der Waals surface area contributed by atoms with Crippen molar-refractivity contribution in [3.63, 3.8) is 0 Å². The Balaban J connectivity index is 0.00000220. The molecule has 1 unspecified atom stereocenters. The fourth-order valence-electron chi connectivity index (χ4n) is 2.67. The van der Waals surface area contributed by atoms with Gasteiger partial charge in [-0.25, -0.2) is 0 Å². The van der Waals surface area contributed by atoms with Crippen molar-refractivity contribution in [1.82, 2.24) is 4.90 Å². The van der Waals surface area contributed by atoms with Gasteiger partial charge >= 0.3 is 5.97 Å². The number of halogens is 1. The first-order valence-electron chi connectivity index (χ1n) is 7.25. The first kappa shape index (κ1) is 17.8. The number of hydrogen-bond acceptors (Lipinski definition) is 3. The molecule has 1 heterocycles. The van der Waals surface area contributed by atoms with Crippen LogP contribution in [-0.2, 0) is 4.79 Å². The van der Waals surface area contributed by atoms with Crippen molar-refractivity contribution in [3.05, 3.63) is 29.3 Å². The molecule has 4 nitrogen and oxygen atoms in total. The minimum Gasteiger partial charge on any atom is -0.492 e. The third-order valence-electron chi connectivity index (χ3n) is 3.88. The second kappa shape index (κ2) is 8.25. The third kappa shape index (κ3) is 4.90. The van der Waals surface area contributed by atoms with E-state index in [1.54, 1.807) is 0 Å². The fourth-order valence-corrected chi connectivity index (χ4v) is 2.67. The third-order valence-corrected chi connectivity index (χ3v) is 3.88. The Kier molecular flexibility index (Phi) is 6.99. The monoisotopic (exact) mass is 313 g/mol. The average molecular weight is 314 g/mol. The van der Waals surface area contributed by atoms with Gasteiger partial charge in [-0.2, -0.15) is 0 Å². The first-order valence-corrected chi connectivity index (χ1v) is 7.25. The zero-order valence-electron chi connectivity index (χ0n) is 12.7. The molecule has 1 atom stereocenters. The van der Waals surface area contributed by atoms with Gasteiger partial charge in [-0.3, -0.25) is 9.69 Å². The number of hydrogen-bond donors (Lipinski definition) is 1. The number of carbonyl (C=O) groups is 1. The van der Waals surface area contributed by atoms with Crippen molar-refractivity contribution < 1.29 is 14.6 Å². The average Bonchev–Trinajstić information content (AvgIpc) is 2.43. The Morgan fingerprint density at radius 1 is 1.38 bits per heavy atom. The minimum absolute atomic E-state index is 0. The van der Waals surface area contributed by atoms with E-state index in [1.807, 2.05) is 30.9 Å². The number of carboxylic acid groups (broad SMARTS) is 1. The molecule has 0 aliphatic carbocycles. The van der Waals surface area contributed by atoms with E-state index in [4.69, 9.17) is 4.74 Å². The van der Waals surface area contributed by atoms with E-state index in [0.717, 1.165) is 37.1 Å². The van der Waals surface area contributed by atoms with Crippen LogP contribution in [0.3, 0.4) is 0 Å². The lowest BCUT2D eigenvalue weighted by atomic mass is 10.0. The number of benzene rings is 1. The van der Waals surface area contributed by atoms with Crippen LogP contribution in [0.4, 0.5) is 0 Å². The van der Waals surface area contributed by atoms with Gasteiger partial charge in [0.1, 0.15) is 18.4 Å². The van der Waals surface area contributed by atoms with Gasteiger partial charge in [0.05, 0.1) is 0 Å². The summed E-state index contributed by atoms with van der Waals surface area (Å²) in [6.07, 6.45) is 2.83. The van der Waals surface area contributed by atoms with E-state index in [0.29, 0.717) is 13.2 Å². The van der Waals surface area contributed by atoms with Gasteiger partial charge in [-0.15, -0.1) is 12.4 Å². The molecule has 1 fully saturated rings. The Bertz CT molecular complexity index is 479. The molecule has 1 aliphatic rings. The van der Waals surface area contributed by atoms with Gasteiger partial charge in [0.25, 0.3) is 0 Å². The lowest BCUT2D eigenvalue weighted by molar-refractivity contribution is -0.144. The smallest absolute Gasteiger partial charge is 0.320 e. The van der Waals surface area contributed by atoms with Crippen LogP contribution in [0, 0.1) is 13.8 Å². The number of nitrogens with zero attached hydrogens (tertiary/aromatic N) is 1. The van der Waals surface area contributed by atoms with Crippen LogP contribution < -0.4 is 4.74 Å². The minimum atomic E-state index is -0.712. The summed E-state index contributed by atoms with van der Waals surface area (Å²) in [5.41, 5.74) is 2.29. The zero-order valence-corrected chi connectivity index (χ0v) is 13.5. The summed E-state index contributed by atoms with van der Waals surface area (Å²) in [4.78, 5) is 13.2. The predicted octanol–water partition coefficient (Wildman–Crippen LogP) is 3.04. The molecule has 0 aromatic heterocycles. The van der Waals surface area contributed by atoms with E-state index in [1.165, 1.54) is 5.56 Å². The molecule has 1 aromatic rings. The maximum atomic E-state index is 11.2. The Morgan fingerprint density at radius 2 is 2.14 bits per heavy atom. The van der Waals surface area contributed by atoms with E-state index in [9.17, 15) is 9.90 Å². The van der Waals surface area contributed by atoms with Crippen LogP contribution in [0.5, 0.6) is 5.75 Å². The molecular formula is C16H24ClNO3. The van der Waals surface area contributed by atoms with Crippen molar-refractivity contribution in [2.75, 3.05) is 19.7 Å². The second-order valence-corrected chi connectivity index (χ2v) is 5.50. The number of piperidine rings is 1. The summed E-state index contributed by atoms with van der Waals surface area (Å²) in [6, 6.07) is 5.80. The van der Waals surface area contributed by atoms with E-state index in [2.05, 4.69) is 6.07 Å². The van der Waals surface area contributed by atoms with E-state index >= 15 is 0 Å². The highest BCUT2D eigenvalue weighted by molar-refractivity contribution is 5.85. The SMILES string of the molecule is Cc1ccc(C)c(OCCN2CCCCC2C(=O)O)c1.Cl. The molecule has 0 amide bonds. The second-order valence-electron chi connectivity index (χ2n) is 5.50. The van der Waals surface area contributed by atoms with Crippen molar-refractivity contribution in [2.45, 2.75) is 39.2 Å². The molecule has 1 N–H and O–H groups in total. The molecule has 0 saturated carbocycles. The normalized spacial score (nSPS) is 18.9. The number of likely N-dealkylation sites (tertiary alicyclic amines) is 1. The molecule has 118 valence electrons. The Labute approximate surface area is 132 Å². The van der Waals surface area contributed by atoms with Crippen molar-refractivity contribution in [3.8, 4) is 5.75 Å². The summed E-state index contributed by atoms with van der Waals surface area (Å²) >= 11 is 0. The first-order chi connectivity index (χ1) is 9.58. The summed E-state index contributed by atoms with van der Waals surface area (Å²) in [5, 5.41) is 9.22. The molecule has 1 saturated heterocycles. The molecule has 5 heteroatoms. The van der Waals surface area contributed by atoms with Crippen LogP contribution >= 0.6 is 12.4 Å². The summed E-state index contributed by atoms with van der Waals surface area (Å²) in [7, 11) is 0. The zero-order chi connectivity index (χ0) is 14.5. The fraction of sp³-hybridized carbons (Fsp3) is 0.562. The van der Waals surface area contributed by atoms with Crippen molar-refractivity contribution >= 4 is 18.4 Å². The Hall–Kier alpha value is -1.26. The lowest BCUT2D eigenvalue weighted by Gasteiger charge is -2.32. The van der Waals surface area contributed by atoms with E-state index < -0.39 is 5.97 Å². The maximum Gasteiger partial charge on any atom is 0.320 e. The van der Waals surface area contributed by atoms with Gasteiger partial charge in [0.2, 0.25) is 0 Å². The highest BCUT2D eigenvalue weighted by atomic mass is 35.5. The van der Waals surface area contributed by atoms with Crippen molar-refractivity contribution in [1.29, 1.82) is 0 Å². The van der Waals surface area contributed by atoms with Gasteiger partial charge < -0.3 is 9.84 Å². The summed E-state index contributed by atoms with van der Waals surface area (Å²) in [6.45, 7) is 6.12. The van der Waals surface area contributed by atoms with Gasteiger partial charge in [0.15, 0.2) is 0 Å². The highest BCUT2D eigenvalue weighted by Crippen LogP contribution is 2.20. The van der Waals surface area contributed by atoms with Crippen molar-refractivity contribution in [2.24, 2.45) is 0 Å². The molecule has 2 rings (SSSR count). The van der Waals surface area contributed by atoms with Gasteiger partial charge in [-0.05, 0) is 50.4 Å². The molecular weight excluding hydrogens is 290 g/mol. The number of rotatable bonds is 5. The molecule has 1 aromatic carbocycles. The van der Waals surface area contributed by atoms with Crippen LogP contribution in [0.1, 0.15) is 30.4 Å². The van der Waals surface area contributed by atoms with Gasteiger partial charge in [0, 0.05) is 6.54 Å². The van der Waals surface area contributed by atoms with Crippen LogP contribution in [-0.4, -0.2) is 41.7 Å². The molecule has 1 aliphatic heterocycles. The molecule has 0 radical (unpaired) electrons. The standard InChI is InChI=1S/C16H23NO3.ClH/c1-12-6-7-13(2)15(11-12)20-10-9-17-8-4-3-5-14(17)16(18)19;/h6-7,11,14H,3-5,8-10H2,1-2H3,(H,18,19);1H. The summed E-state index contributed by atoms with van der Waals surface area (Å²) in [5.74, 6) is 0.185. The quantitative estimate of drug-likeness (QED) is 0.907. The Morgan fingerprint density at radius 3 is 2.86 bits per heavy atom. The van der Waals surface area contributed by atoms with Crippen LogP contribution in [0.15, 0.2) is 18.2 Å². The van der Waals surface area contributed by atoms with E-state index in [-0.39, 0.29) is 18.4 Å². The largest absolute Gasteiger partial charge is 0.492 e. The number of aryl methyl sites for hydroxylation is 2. The maximum absolute atomic E-state index is 11.2. The van der Waals surface area contributed by atoms with Crippen LogP contribution in [0.25, 0.3) is 0 Å². The molecule has 0 bridgehead atoms.